The number of rotatable bonds is 5. The van der Waals surface area contributed by atoms with E-state index in [1.165, 1.54) is 11.1 Å². The maximum atomic E-state index is 6.11. The van der Waals surface area contributed by atoms with Crippen molar-refractivity contribution in [3.63, 3.8) is 0 Å². The minimum atomic E-state index is -0.217. The second-order valence-corrected chi connectivity index (χ2v) is 7.40. The highest BCUT2D eigenvalue weighted by atomic mass is 16.5. The summed E-state index contributed by atoms with van der Waals surface area (Å²) in [5.41, 5.74) is 2.19. The highest BCUT2D eigenvalue weighted by Gasteiger charge is 2.33. The molecule has 1 unspecified atom stereocenters. The number of hydrogen-bond acceptors (Lipinski definition) is 3. The minimum absolute atomic E-state index is 0.160. The van der Waals surface area contributed by atoms with Crippen LogP contribution in [0.2, 0.25) is 0 Å². The number of hydrogen-bond donors (Lipinski definition) is 2. The standard InChI is InChI=1S/C22H29N3O2/c1-22(2)15-19(18-10-5-6-11-20(18)27-22)25-21(23-3)24-13-12-16-8-7-9-17(14-16)26-4/h5-11,14,19H,12-13,15H2,1-4H3,(H2,23,24,25). The van der Waals surface area contributed by atoms with Gasteiger partial charge in [0.15, 0.2) is 5.96 Å². The largest absolute Gasteiger partial charge is 0.497 e. The number of guanidine groups is 1. The molecule has 0 spiro atoms. The highest BCUT2D eigenvalue weighted by Crippen LogP contribution is 2.39. The summed E-state index contributed by atoms with van der Waals surface area (Å²) >= 11 is 0. The number of benzene rings is 2. The van der Waals surface area contributed by atoms with Gasteiger partial charge in [0.05, 0.1) is 13.2 Å². The molecule has 0 saturated heterocycles. The van der Waals surface area contributed by atoms with E-state index < -0.39 is 0 Å². The average molecular weight is 367 g/mol. The molecule has 1 atom stereocenters. The molecule has 1 heterocycles. The molecular formula is C22H29N3O2. The average Bonchev–Trinajstić information content (AvgIpc) is 2.66. The number of methoxy groups -OCH3 is 1. The van der Waals surface area contributed by atoms with E-state index in [0.717, 1.165) is 36.8 Å². The number of aliphatic imine (C=N–C) groups is 1. The molecule has 1 aliphatic rings. The van der Waals surface area contributed by atoms with Crippen molar-refractivity contribution in [2.24, 2.45) is 4.99 Å². The van der Waals surface area contributed by atoms with Gasteiger partial charge in [0.25, 0.3) is 0 Å². The topological polar surface area (TPSA) is 54.9 Å². The van der Waals surface area contributed by atoms with Gasteiger partial charge in [-0.15, -0.1) is 0 Å². The van der Waals surface area contributed by atoms with Crippen molar-refractivity contribution in [3.8, 4) is 11.5 Å². The molecule has 0 radical (unpaired) electrons. The Hall–Kier alpha value is -2.69. The smallest absolute Gasteiger partial charge is 0.191 e. The first-order chi connectivity index (χ1) is 13.0. The summed E-state index contributed by atoms with van der Waals surface area (Å²) in [5.74, 6) is 2.63. The Balaban J connectivity index is 1.62. The predicted molar refractivity (Wildman–Crippen MR) is 110 cm³/mol. The van der Waals surface area contributed by atoms with Gasteiger partial charge < -0.3 is 20.1 Å². The van der Waals surface area contributed by atoms with Crippen LogP contribution >= 0.6 is 0 Å². The van der Waals surface area contributed by atoms with Gasteiger partial charge in [-0.2, -0.15) is 0 Å². The Morgan fingerprint density at radius 1 is 1.22 bits per heavy atom. The second-order valence-electron chi connectivity index (χ2n) is 7.40. The van der Waals surface area contributed by atoms with Crippen LogP contribution in [0, 0.1) is 0 Å². The van der Waals surface area contributed by atoms with E-state index in [9.17, 15) is 0 Å². The lowest BCUT2D eigenvalue weighted by Crippen LogP contribution is -2.45. The fourth-order valence-corrected chi connectivity index (χ4v) is 3.44. The fourth-order valence-electron chi connectivity index (χ4n) is 3.44. The molecule has 2 aromatic rings. The zero-order valence-corrected chi connectivity index (χ0v) is 16.6. The SMILES string of the molecule is CN=C(NCCc1cccc(OC)c1)NC1CC(C)(C)Oc2ccccc21. The maximum Gasteiger partial charge on any atom is 0.191 e. The summed E-state index contributed by atoms with van der Waals surface area (Å²) in [6.45, 7) is 5.04. The predicted octanol–water partition coefficient (Wildman–Crippen LogP) is 3.71. The summed E-state index contributed by atoms with van der Waals surface area (Å²) in [5, 5.41) is 6.98. The molecule has 2 aromatic carbocycles. The third kappa shape index (κ3) is 4.94. The number of para-hydroxylation sites is 1. The Kier molecular flexibility index (Phi) is 5.89. The van der Waals surface area contributed by atoms with Crippen molar-refractivity contribution in [2.75, 3.05) is 20.7 Å². The Labute approximate surface area is 161 Å². The van der Waals surface area contributed by atoms with Crippen LogP contribution in [0.25, 0.3) is 0 Å². The van der Waals surface area contributed by atoms with Crippen molar-refractivity contribution < 1.29 is 9.47 Å². The molecule has 0 aliphatic carbocycles. The quantitative estimate of drug-likeness (QED) is 0.625. The van der Waals surface area contributed by atoms with Crippen LogP contribution in [0.5, 0.6) is 11.5 Å². The van der Waals surface area contributed by atoms with Gasteiger partial charge in [0.1, 0.15) is 17.1 Å². The van der Waals surface area contributed by atoms with Crippen molar-refractivity contribution in [3.05, 3.63) is 59.7 Å². The molecule has 2 N–H and O–H groups in total. The van der Waals surface area contributed by atoms with Crippen LogP contribution < -0.4 is 20.1 Å². The molecule has 144 valence electrons. The first-order valence-corrected chi connectivity index (χ1v) is 9.39. The molecule has 0 amide bonds. The van der Waals surface area contributed by atoms with Gasteiger partial charge in [-0.1, -0.05) is 30.3 Å². The monoisotopic (exact) mass is 367 g/mol. The normalized spacial score (nSPS) is 18.2. The Bertz CT molecular complexity index is 802. The van der Waals surface area contributed by atoms with Crippen LogP contribution in [0.4, 0.5) is 0 Å². The molecule has 0 aromatic heterocycles. The summed E-state index contributed by atoms with van der Waals surface area (Å²) < 4.78 is 11.4. The lowest BCUT2D eigenvalue weighted by atomic mass is 9.90. The van der Waals surface area contributed by atoms with Gasteiger partial charge in [-0.05, 0) is 44.0 Å². The maximum absolute atomic E-state index is 6.11. The Morgan fingerprint density at radius 3 is 2.81 bits per heavy atom. The molecule has 5 nitrogen and oxygen atoms in total. The van der Waals surface area contributed by atoms with Crippen molar-refractivity contribution in [1.29, 1.82) is 0 Å². The number of ether oxygens (including phenoxy) is 2. The van der Waals surface area contributed by atoms with E-state index in [4.69, 9.17) is 9.47 Å². The molecule has 0 bridgehead atoms. The molecule has 0 fully saturated rings. The third-order valence-corrected chi connectivity index (χ3v) is 4.75. The van der Waals surface area contributed by atoms with E-state index in [1.54, 1.807) is 14.2 Å². The van der Waals surface area contributed by atoms with Gasteiger partial charge in [0, 0.05) is 25.6 Å². The molecule has 27 heavy (non-hydrogen) atoms. The molecule has 0 saturated carbocycles. The first kappa shape index (κ1) is 19.1. The molecular weight excluding hydrogens is 338 g/mol. The van der Waals surface area contributed by atoms with Crippen molar-refractivity contribution >= 4 is 5.96 Å². The van der Waals surface area contributed by atoms with E-state index >= 15 is 0 Å². The number of nitrogens with one attached hydrogen (secondary N) is 2. The van der Waals surface area contributed by atoms with E-state index in [2.05, 4.69) is 47.7 Å². The Morgan fingerprint density at radius 2 is 2.04 bits per heavy atom. The fraction of sp³-hybridized carbons (Fsp3) is 0.409. The number of fused-ring (bicyclic) bond motifs is 1. The van der Waals surface area contributed by atoms with Crippen LogP contribution in [0.15, 0.2) is 53.5 Å². The number of nitrogens with zero attached hydrogens (tertiary/aromatic N) is 1. The van der Waals surface area contributed by atoms with Crippen molar-refractivity contribution in [1.82, 2.24) is 10.6 Å². The highest BCUT2D eigenvalue weighted by molar-refractivity contribution is 5.80. The van der Waals surface area contributed by atoms with Gasteiger partial charge >= 0.3 is 0 Å². The zero-order valence-electron chi connectivity index (χ0n) is 16.6. The molecule has 1 aliphatic heterocycles. The van der Waals surface area contributed by atoms with Crippen LogP contribution in [-0.4, -0.2) is 32.3 Å². The third-order valence-electron chi connectivity index (χ3n) is 4.75. The summed E-state index contributed by atoms with van der Waals surface area (Å²) in [7, 11) is 3.49. The van der Waals surface area contributed by atoms with Gasteiger partial charge in [-0.25, -0.2) is 0 Å². The summed E-state index contributed by atoms with van der Waals surface area (Å²) in [4.78, 5) is 4.40. The molecule has 3 rings (SSSR count). The van der Waals surface area contributed by atoms with Crippen molar-refractivity contribution in [2.45, 2.75) is 38.3 Å². The van der Waals surface area contributed by atoms with Crippen LogP contribution in [0.1, 0.15) is 37.4 Å². The lowest BCUT2D eigenvalue weighted by molar-refractivity contribution is 0.0694. The summed E-state index contributed by atoms with van der Waals surface area (Å²) in [6, 6.07) is 16.5. The summed E-state index contributed by atoms with van der Waals surface area (Å²) in [6.07, 6.45) is 1.77. The lowest BCUT2D eigenvalue weighted by Gasteiger charge is -2.38. The minimum Gasteiger partial charge on any atom is -0.497 e. The zero-order chi connectivity index (χ0) is 19.3. The van der Waals surface area contributed by atoms with Gasteiger partial charge in [0.2, 0.25) is 0 Å². The van der Waals surface area contributed by atoms with Crippen LogP contribution in [-0.2, 0) is 6.42 Å². The van der Waals surface area contributed by atoms with E-state index in [-0.39, 0.29) is 11.6 Å². The second kappa shape index (κ2) is 8.33. The molecule has 5 heteroatoms. The van der Waals surface area contributed by atoms with Gasteiger partial charge in [-0.3, -0.25) is 4.99 Å². The van der Waals surface area contributed by atoms with E-state index in [0.29, 0.717) is 0 Å². The van der Waals surface area contributed by atoms with E-state index in [1.807, 2.05) is 30.3 Å². The first-order valence-electron chi connectivity index (χ1n) is 9.39. The van der Waals surface area contributed by atoms with Crippen LogP contribution in [0.3, 0.4) is 0 Å².